The van der Waals surface area contributed by atoms with Crippen LogP contribution in [0, 0.1) is 22.6 Å². The van der Waals surface area contributed by atoms with Crippen LogP contribution in [0.3, 0.4) is 0 Å². The van der Waals surface area contributed by atoms with Crippen molar-refractivity contribution in [2.45, 2.75) is 45.6 Å². The lowest BCUT2D eigenvalue weighted by Crippen LogP contribution is -2.18. The van der Waals surface area contributed by atoms with Crippen molar-refractivity contribution in [3.8, 4) is 0 Å². The van der Waals surface area contributed by atoms with Crippen LogP contribution in [0.25, 0.3) is 0 Å². The fourth-order valence-corrected chi connectivity index (χ4v) is 2.33. The van der Waals surface area contributed by atoms with Gasteiger partial charge in [-0.1, -0.05) is 19.9 Å². The van der Waals surface area contributed by atoms with Gasteiger partial charge in [0.05, 0.1) is 18.2 Å². The predicted molar refractivity (Wildman–Crippen MR) is 96.0 cm³/mol. The Morgan fingerprint density at radius 2 is 1.84 bits per heavy atom. The molecule has 1 aromatic carbocycles. The zero-order valence-corrected chi connectivity index (χ0v) is 14.6. The minimum absolute atomic E-state index is 0.0651. The molecule has 5 nitrogen and oxygen atoms in total. The molecule has 0 aliphatic carbocycles. The minimum Gasteiger partial charge on any atom is -0.481 e. The maximum atomic E-state index is 13.1. The molecule has 0 aromatic heterocycles. The molecule has 1 rings (SSSR count). The standard InChI is InChI=1S/C19H25FN2O3/c1-12(2)18(21)16(6-4-3-5-15(23)11-17(24)25)19(22)13-7-9-14(20)10-8-13/h6-10,12,15,21-23H,3-5,11H2,1-2H3,(H,24,25)/b16-6-,21-18?,22-19?. The van der Waals surface area contributed by atoms with Gasteiger partial charge < -0.3 is 15.6 Å². The van der Waals surface area contributed by atoms with Gasteiger partial charge in [0.2, 0.25) is 0 Å². The van der Waals surface area contributed by atoms with Gasteiger partial charge in [0.25, 0.3) is 0 Å². The van der Waals surface area contributed by atoms with Gasteiger partial charge in [-0.05, 0) is 49.4 Å². The van der Waals surface area contributed by atoms with Crippen molar-refractivity contribution in [1.82, 2.24) is 0 Å². The number of nitrogens with one attached hydrogen (secondary N) is 2. The van der Waals surface area contributed by atoms with Crippen LogP contribution in [0.15, 0.2) is 35.9 Å². The number of carboxylic acid groups (broad SMARTS) is 1. The molecule has 1 aromatic rings. The Morgan fingerprint density at radius 1 is 1.24 bits per heavy atom. The largest absolute Gasteiger partial charge is 0.481 e. The second-order valence-electron chi connectivity index (χ2n) is 6.25. The number of aliphatic hydroxyl groups is 1. The molecule has 4 N–H and O–H groups in total. The van der Waals surface area contributed by atoms with Gasteiger partial charge in [-0.3, -0.25) is 10.2 Å². The first-order valence-electron chi connectivity index (χ1n) is 8.26. The summed E-state index contributed by atoms with van der Waals surface area (Å²) in [6.45, 7) is 3.73. The summed E-state index contributed by atoms with van der Waals surface area (Å²) in [6, 6.07) is 5.58. The zero-order valence-electron chi connectivity index (χ0n) is 14.6. The molecule has 0 saturated heterocycles. The van der Waals surface area contributed by atoms with Crippen molar-refractivity contribution < 1.29 is 19.4 Å². The van der Waals surface area contributed by atoms with Crippen molar-refractivity contribution in [3.63, 3.8) is 0 Å². The number of carboxylic acids is 1. The Labute approximate surface area is 147 Å². The Morgan fingerprint density at radius 3 is 2.36 bits per heavy atom. The van der Waals surface area contributed by atoms with Crippen LogP contribution in [0.4, 0.5) is 4.39 Å². The number of hydrogen-bond acceptors (Lipinski definition) is 4. The first-order valence-corrected chi connectivity index (χ1v) is 8.26. The van der Waals surface area contributed by atoms with E-state index in [4.69, 9.17) is 15.9 Å². The van der Waals surface area contributed by atoms with Gasteiger partial charge in [0, 0.05) is 16.8 Å². The van der Waals surface area contributed by atoms with Crippen LogP contribution in [0.2, 0.25) is 0 Å². The fourth-order valence-electron chi connectivity index (χ4n) is 2.33. The number of halogens is 1. The first kappa shape index (κ1) is 20.7. The zero-order chi connectivity index (χ0) is 19.0. The number of carbonyl (C=O) groups is 1. The summed E-state index contributed by atoms with van der Waals surface area (Å²) in [6.07, 6.45) is 2.00. The van der Waals surface area contributed by atoms with Crippen LogP contribution >= 0.6 is 0 Å². The highest BCUT2D eigenvalue weighted by Crippen LogP contribution is 2.17. The number of allylic oxidation sites excluding steroid dienone is 2. The van der Waals surface area contributed by atoms with E-state index in [2.05, 4.69) is 0 Å². The van der Waals surface area contributed by atoms with E-state index in [1.54, 1.807) is 6.08 Å². The van der Waals surface area contributed by atoms with Crippen molar-refractivity contribution in [1.29, 1.82) is 10.8 Å². The van der Waals surface area contributed by atoms with E-state index in [-0.39, 0.29) is 23.9 Å². The number of rotatable bonds is 10. The molecule has 0 radical (unpaired) electrons. The molecule has 1 unspecified atom stereocenters. The highest BCUT2D eigenvalue weighted by molar-refractivity contribution is 6.28. The van der Waals surface area contributed by atoms with E-state index < -0.39 is 12.1 Å². The Bertz CT molecular complexity index is 651. The Balaban J connectivity index is 2.82. The fraction of sp³-hybridized carbons (Fsp3) is 0.421. The van der Waals surface area contributed by atoms with Crippen LogP contribution in [-0.4, -0.2) is 33.7 Å². The highest BCUT2D eigenvalue weighted by Gasteiger charge is 2.16. The number of hydrogen-bond donors (Lipinski definition) is 4. The van der Waals surface area contributed by atoms with E-state index in [0.717, 1.165) is 0 Å². The molecular formula is C19H25FN2O3. The molecule has 25 heavy (non-hydrogen) atoms. The predicted octanol–water partition coefficient (Wildman–Crippen LogP) is 3.80. The lowest BCUT2D eigenvalue weighted by atomic mass is 9.91. The summed E-state index contributed by atoms with van der Waals surface area (Å²) in [5, 5.41) is 34.8. The summed E-state index contributed by atoms with van der Waals surface area (Å²) in [7, 11) is 0. The summed E-state index contributed by atoms with van der Waals surface area (Å²) in [5.74, 6) is -1.48. The third-order valence-corrected chi connectivity index (χ3v) is 3.77. The number of aliphatic carboxylic acids is 1. The number of unbranched alkanes of at least 4 members (excludes halogenated alkanes) is 1. The van der Waals surface area contributed by atoms with Crippen LogP contribution in [-0.2, 0) is 4.79 Å². The lowest BCUT2D eigenvalue weighted by Gasteiger charge is -2.14. The third-order valence-electron chi connectivity index (χ3n) is 3.77. The molecule has 0 saturated carbocycles. The average Bonchev–Trinajstić information content (AvgIpc) is 2.53. The van der Waals surface area contributed by atoms with Crippen molar-refractivity contribution in [2.24, 2.45) is 5.92 Å². The molecule has 6 heteroatoms. The second kappa shape index (κ2) is 9.84. The van der Waals surface area contributed by atoms with Crippen molar-refractivity contribution in [2.75, 3.05) is 0 Å². The molecule has 0 amide bonds. The Hall–Kier alpha value is -2.34. The van der Waals surface area contributed by atoms with Crippen LogP contribution < -0.4 is 0 Å². The van der Waals surface area contributed by atoms with Gasteiger partial charge in [0.15, 0.2) is 0 Å². The molecule has 136 valence electrons. The molecule has 0 bridgehead atoms. The van der Waals surface area contributed by atoms with Gasteiger partial charge in [0.1, 0.15) is 5.82 Å². The van der Waals surface area contributed by atoms with Gasteiger partial charge in [-0.15, -0.1) is 0 Å². The summed E-state index contributed by atoms with van der Waals surface area (Å²) >= 11 is 0. The third kappa shape index (κ3) is 6.97. The van der Waals surface area contributed by atoms with Gasteiger partial charge >= 0.3 is 5.97 Å². The lowest BCUT2D eigenvalue weighted by molar-refractivity contribution is -0.139. The maximum Gasteiger partial charge on any atom is 0.305 e. The second-order valence-corrected chi connectivity index (χ2v) is 6.25. The van der Waals surface area contributed by atoms with Crippen molar-refractivity contribution >= 4 is 17.4 Å². The summed E-state index contributed by atoms with van der Waals surface area (Å²) in [4.78, 5) is 10.5. The molecule has 0 fully saturated rings. The van der Waals surface area contributed by atoms with E-state index >= 15 is 0 Å². The van der Waals surface area contributed by atoms with E-state index in [9.17, 15) is 14.3 Å². The molecule has 0 spiro atoms. The molecular weight excluding hydrogens is 323 g/mol. The number of aliphatic hydroxyl groups excluding tert-OH is 1. The average molecular weight is 348 g/mol. The molecule has 0 heterocycles. The van der Waals surface area contributed by atoms with Crippen LogP contribution in [0.1, 0.15) is 45.1 Å². The maximum absolute atomic E-state index is 13.1. The van der Waals surface area contributed by atoms with E-state index in [1.807, 2.05) is 13.8 Å². The van der Waals surface area contributed by atoms with E-state index in [1.165, 1.54) is 24.3 Å². The summed E-state index contributed by atoms with van der Waals surface area (Å²) in [5.41, 5.74) is 1.49. The van der Waals surface area contributed by atoms with E-state index in [0.29, 0.717) is 36.1 Å². The quantitative estimate of drug-likeness (QED) is 0.382. The molecule has 0 aliphatic heterocycles. The van der Waals surface area contributed by atoms with Gasteiger partial charge in [-0.2, -0.15) is 0 Å². The summed E-state index contributed by atoms with van der Waals surface area (Å²) < 4.78 is 13.1. The van der Waals surface area contributed by atoms with Crippen molar-refractivity contribution in [3.05, 3.63) is 47.3 Å². The minimum atomic E-state index is -1.04. The number of benzene rings is 1. The molecule has 1 atom stereocenters. The smallest absolute Gasteiger partial charge is 0.305 e. The normalized spacial score (nSPS) is 12.9. The topological polar surface area (TPSA) is 105 Å². The highest BCUT2D eigenvalue weighted by atomic mass is 19.1. The Kier molecular flexibility index (Phi) is 8.15. The van der Waals surface area contributed by atoms with Gasteiger partial charge in [-0.25, -0.2) is 4.39 Å². The van der Waals surface area contributed by atoms with Crippen LogP contribution in [0.5, 0.6) is 0 Å². The molecule has 0 aliphatic rings. The monoisotopic (exact) mass is 348 g/mol. The SMILES string of the molecule is CC(C)C(=N)/C(=C/CCCC(O)CC(=O)O)C(=N)c1ccc(F)cc1. The first-order chi connectivity index (χ1) is 11.7.